The van der Waals surface area contributed by atoms with Gasteiger partial charge < -0.3 is 5.11 Å². The average molecular weight is 244 g/mol. The number of benzene rings is 2. The summed E-state index contributed by atoms with van der Waals surface area (Å²) < 4.78 is 13.3. The number of aryl methyl sites for hydroxylation is 2. The van der Waals surface area contributed by atoms with Crippen LogP contribution in [-0.4, -0.2) is 5.11 Å². The topological polar surface area (TPSA) is 20.2 Å². The van der Waals surface area contributed by atoms with E-state index in [1.54, 1.807) is 0 Å². The third kappa shape index (κ3) is 3.17. The van der Waals surface area contributed by atoms with Gasteiger partial charge in [-0.05, 0) is 42.7 Å². The van der Waals surface area contributed by atoms with Crippen LogP contribution in [0.1, 0.15) is 28.4 Å². The lowest BCUT2D eigenvalue weighted by atomic mass is 9.99. The van der Waals surface area contributed by atoms with Crippen molar-refractivity contribution in [3.63, 3.8) is 0 Å². The second kappa shape index (κ2) is 5.32. The van der Waals surface area contributed by atoms with E-state index in [0.717, 1.165) is 16.7 Å². The fourth-order valence-electron chi connectivity index (χ4n) is 2.14. The van der Waals surface area contributed by atoms with Crippen LogP contribution in [0.2, 0.25) is 0 Å². The third-order valence-corrected chi connectivity index (χ3v) is 2.96. The fraction of sp³-hybridized carbons (Fsp3) is 0.250. The molecule has 1 nitrogen and oxygen atoms in total. The molecular formula is C16H17FO. The van der Waals surface area contributed by atoms with Gasteiger partial charge in [0.25, 0.3) is 0 Å². The van der Waals surface area contributed by atoms with Gasteiger partial charge in [0.15, 0.2) is 0 Å². The molecule has 0 aliphatic carbocycles. The number of hydrogen-bond donors (Lipinski definition) is 1. The highest BCUT2D eigenvalue weighted by Gasteiger charge is 2.10. The molecule has 0 radical (unpaired) electrons. The smallest absolute Gasteiger partial charge is 0.123 e. The van der Waals surface area contributed by atoms with Gasteiger partial charge in [-0.15, -0.1) is 0 Å². The highest BCUT2D eigenvalue weighted by molar-refractivity contribution is 5.28. The van der Waals surface area contributed by atoms with Crippen molar-refractivity contribution in [1.82, 2.24) is 0 Å². The van der Waals surface area contributed by atoms with E-state index in [1.807, 2.05) is 44.2 Å². The van der Waals surface area contributed by atoms with Crippen LogP contribution in [0.4, 0.5) is 4.39 Å². The lowest BCUT2D eigenvalue weighted by molar-refractivity contribution is 0.178. The van der Waals surface area contributed by atoms with Crippen molar-refractivity contribution in [2.24, 2.45) is 0 Å². The summed E-state index contributed by atoms with van der Waals surface area (Å²) in [5, 5.41) is 10.1. The monoisotopic (exact) mass is 244 g/mol. The summed E-state index contributed by atoms with van der Waals surface area (Å²) in [6.45, 7) is 3.84. The van der Waals surface area contributed by atoms with Crippen LogP contribution in [0.5, 0.6) is 0 Å². The molecule has 0 fully saturated rings. The molecule has 0 bridgehead atoms. The number of aliphatic hydroxyl groups is 1. The normalized spacial score (nSPS) is 12.4. The maximum atomic E-state index is 13.3. The summed E-state index contributed by atoms with van der Waals surface area (Å²) in [5.74, 6) is -0.298. The summed E-state index contributed by atoms with van der Waals surface area (Å²) in [6, 6.07) is 12.7. The standard InChI is InChI=1S/C16H17FO/c1-11-4-3-5-13(6-11)9-16(18)14-7-12(2)8-15(17)10-14/h3-8,10,16,18H,9H2,1-2H3. The number of halogens is 1. The minimum Gasteiger partial charge on any atom is -0.388 e. The number of rotatable bonds is 3. The molecule has 0 saturated carbocycles. The van der Waals surface area contributed by atoms with Crippen molar-refractivity contribution in [2.75, 3.05) is 0 Å². The quantitative estimate of drug-likeness (QED) is 0.872. The number of aliphatic hydroxyl groups excluding tert-OH is 1. The van der Waals surface area contributed by atoms with Crippen LogP contribution in [0, 0.1) is 19.7 Å². The van der Waals surface area contributed by atoms with E-state index >= 15 is 0 Å². The molecule has 2 heteroatoms. The van der Waals surface area contributed by atoms with Crippen molar-refractivity contribution >= 4 is 0 Å². The van der Waals surface area contributed by atoms with Crippen LogP contribution < -0.4 is 0 Å². The Balaban J connectivity index is 2.19. The Kier molecular flexibility index (Phi) is 3.78. The zero-order chi connectivity index (χ0) is 13.1. The Morgan fingerprint density at radius 1 is 1.06 bits per heavy atom. The minimum atomic E-state index is -0.666. The highest BCUT2D eigenvalue weighted by atomic mass is 19.1. The Labute approximate surface area is 107 Å². The molecule has 1 atom stereocenters. The predicted molar refractivity (Wildman–Crippen MR) is 71.0 cm³/mol. The van der Waals surface area contributed by atoms with E-state index in [0.29, 0.717) is 12.0 Å². The zero-order valence-corrected chi connectivity index (χ0v) is 10.7. The van der Waals surface area contributed by atoms with E-state index in [1.165, 1.54) is 12.1 Å². The first kappa shape index (κ1) is 12.8. The Hall–Kier alpha value is -1.67. The summed E-state index contributed by atoms with van der Waals surface area (Å²) in [6.07, 6.45) is -0.161. The van der Waals surface area contributed by atoms with Crippen LogP contribution in [0.3, 0.4) is 0 Å². The molecule has 0 aliphatic heterocycles. The maximum absolute atomic E-state index is 13.3. The van der Waals surface area contributed by atoms with E-state index in [-0.39, 0.29) is 5.82 Å². The third-order valence-electron chi connectivity index (χ3n) is 2.96. The molecule has 0 spiro atoms. The second-order valence-electron chi connectivity index (χ2n) is 4.77. The molecule has 2 aromatic rings. The SMILES string of the molecule is Cc1cccc(CC(O)c2cc(C)cc(F)c2)c1. The molecule has 1 unspecified atom stereocenters. The lowest BCUT2D eigenvalue weighted by Gasteiger charge is -2.12. The van der Waals surface area contributed by atoms with Crippen LogP contribution >= 0.6 is 0 Å². The molecule has 0 heterocycles. The van der Waals surface area contributed by atoms with Crippen LogP contribution in [-0.2, 0) is 6.42 Å². The Morgan fingerprint density at radius 2 is 1.83 bits per heavy atom. The van der Waals surface area contributed by atoms with Gasteiger partial charge in [0.1, 0.15) is 5.82 Å². The summed E-state index contributed by atoms with van der Waals surface area (Å²) in [7, 11) is 0. The van der Waals surface area contributed by atoms with E-state index in [2.05, 4.69) is 0 Å². The first-order chi connectivity index (χ1) is 8.54. The van der Waals surface area contributed by atoms with Crippen molar-refractivity contribution in [3.8, 4) is 0 Å². The van der Waals surface area contributed by atoms with Crippen molar-refractivity contribution in [3.05, 3.63) is 70.5 Å². The van der Waals surface area contributed by atoms with Gasteiger partial charge in [0.05, 0.1) is 6.10 Å². The highest BCUT2D eigenvalue weighted by Crippen LogP contribution is 2.21. The van der Waals surface area contributed by atoms with E-state index in [4.69, 9.17) is 0 Å². The Morgan fingerprint density at radius 3 is 2.50 bits per heavy atom. The van der Waals surface area contributed by atoms with Crippen molar-refractivity contribution in [2.45, 2.75) is 26.4 Å². The van der Waals surface area contributed by atoms with Gasteiger partial charge in [-0.25, -0.2) is 4.39 Å². The number of hydrogen-bond acceptors (Lipinski definition) is 1. The van der Waals surface area contributed by atoms with Gasteiger partial charge in [0, 0.05) is 6.42 Å². The average Bonchev–Trinajstić information content (AvgIpc) is 2.27. The second-order valence-corrected chi connectivity index (χ2v) is 4.77. The molecule has 0 amide bonds. The van der Waals surface area contributed by atoms with Crippen LogP contribution in [0.25, 0.3) is 0 Å². The van der Waals surface area contributed by atoms with Crippen molar-refractivity contribution < 1.29 is 9.50 Å². The van der Waals surface area contributed by atoms with Gasteiger partial charge in [-0.1, -0.05) is 35.9 Å². The van der Waals surface area contributed by atoms with E-state index in [9.17, 15) is 9.50 Å². The molecule has 2 aromatic carbocycles. The van der Waals surface area contributed by atoms with Gasteiger partial charge in [-0.2, -0.15) is 0 Å². The van der Waals surface area contributed by atoms with E-state index < -0.39 is 6.10 Å². The predicted octanol–water partition coefficient (Wildman–Crippen LogP) is 3.72. The largest absolute Gasteiger partial charge is 0.388 e. The molecule has 0 aromatic heterocycles. The molecule has 0 aliphatic rings. The summed E-state index contributed by atoms with van der Waals surface area (Å²) in [5.41, 5.74) is 3.68. The van der Waals surface area contributed by atoms with Gasteiger partial charge >= 0.3 is 0 Å². The summed E-state index contributed by atoms with van der Waals surface area (Å²) in [4.78, 5) is 0. The first-order valence-corrected chi connectivity index (χ1v) is 6.05. The van der Waals surface area contributed by atoms with Gasteiger partial charge in [0.2, 0.25) is 0 Å². The maximum Gasteiger partial charge on any atom is 0.123 e. The van der Waals surface area contributed by atoms with Crippen LogP contribution in [0.15, 0.2) is 42.5 Å². The minimum absolute atomic E-state index is 0.298. The van der Waals surface area contributed by atoms with Gasteiger partial charge in [-0.3, -0.25) is 0 Å². The Bertz CT molecular complexity index is 528. The zero-order valence-electron chi connectivity index (χ0n) is 10.7. The molecule has 1 N–H and O–H groups in total. The first-order valence-electron chi connectivity index (χ1n) is 6.05. The molecule has 18 heavy (non-hydrogen) atoms. The molecule has 2 rings (SSSR count). The summed E-state index contributed by atoms with van der Waals surface area (Å²) >= 11 is 0. The lowest BCUT2D eigenvalue weighted by Crippen LogP contribution is -2.03. The molecule has 0 saturated heterocycles. The molecular weight excluding hydrogens is 227 g/mol. The molecule has 94 valence electrons. The fourth-order valence-corrected chi connectivity index (χ4v) is 2.14. The van der Waals surface area contributed by atoms with Crippen molar-refractivity contribution in [1.29, 1.82) is 0 Å².